The molecule has 3 heteroatoms. The zero-order chi connectivity index (χ0) is 40.4. The van der Waals surface area contributed by atoms with Gasteiger partial charge in [0.05, 0.1) is 0 Å². The van der Waals surface area contributed by atoms with Crippen molar-refractivity contribution in [2.45, 2.75) is 71.6 Å². The fraction of sp³-hybridized carbons (Fsp3) is 0.200. The van der Waals surface area contributed by atoms with E-state index in [-0.39, 0.29) is 16.2 Å². The lowest BCUT2D eigenvalue weighted by molar-refractivity contribution is 0.422. The van der Waals surface area contributed by atoms with Crippen LogP contribution in [0.4, 0.5) is 0 Å². The molecule has 0 aliphatic carbocycles. The summed E-state index contributed by atoms with van der Waals surface area (Å²) in [5.74, 6) is 2.03. The van der Waals surface area contributed by atoms with E-state index in [4.69, 9.17) is 4.74 Å². The molecule has 9 rings (SSSR count). The predicted molar refractivity (Wildman–Crippen MR) is 255 cm³/mol. The first-order valence-corrected chi connectivity index (χ1v) is 23.2. The van der Waals surface area contributed by atoms with Crippen LogP contribution in [0.5, 0.6) is 11.5 Å². The van der Waals surface area contributed by atoms with E-state index in [1.54, 1.807) is 0 Å². The highest BCUT2D eigenvalue weighted by Crippen LogP contribution is 2.54. The SMILES string of the molecule is CC(C)(C)c1cc(P(c2ccccc2)c2cccc3ccccc23)c2c(c1)C(C)(C)c1cc(C(C)(C)C)cc(P(c3ccccc3)c3cccc4ccccc34)c1O2. The lowest BCUT2D eigenvalue weighted by atomic mass is 9.72. The van der Waals surface area contributed by atoms with Crippen molar-refractivity contribution in [2.75, 3.05) is 0 Å². The van der Waals surface area contributed by atoms with Gasteiger partial charge in [-0.2, -0.15) is 0 Å². The molecule has 0 bridgehead atoms. The Morgan fingerprint density at radius 1 is 0.397 bits per heavy atom. The summed E-state index contributed by atoms with van der Waals surface area (Å²) in [7, 11) is -2.07. The lowest BCUT2D eigenvalue weighted by Crippen LogP contribution is -2.35. The maximum atomic E-state index is 7.82. The molecule has 0 radical (unpaired) electrons. The monoisotopic (exact) mass is 790 g/mol. The summed E-state index contributed by atoms with van der Waals surface area (Å²) in [4.78, 5) is 0. The molecule has 0 fully saturated rings. The zero-order valence-corrected chi connectivity index (χ0v) is 36.8. The molecule has 0 N–H and O–H groups in total. The van der Waals surface area contributed by atoms with Crippen LogP contribution >= 0.6 is 15.8 Å². The van der Waals surface area contributed by atoms with Crippen LogP contribution in [-0.2, 0) is 16.2 Å². The molecule has 58 heavy (non-hydrogen) atoms. The molecule has 2 unspecified atom stereocenters. The summed E-state index contributed by atoms with van der Waals surface area (Å²) in [6.45, 7) is 18.9. The quantitative estimate of drug-likeness (QED) is 0.152. The van der Waals surface area contributed by atoms with E-state index in [1.807, 2.05) is 0 Å². The molecule has 1 aliphatic rings. The van der Waals surface area contributed by atoms with Crippen LogP contribution in [0.1, 0.15) is 77.6 Å². The molecule has 0 spiro atoms. The zero-order valence-electron chi connectivity index (χ0n) is 35.0. The summed E-state index contributed by atoms with van der Waals surface area (Å²) >= 11 is 0. The van der Waals surface area contributed by atoms with Gasteiger partial charge < -0.3 is 4.74 Å². The number of ether oxygens (including phenoxy) is 1. The Kier molecular flexibility index (Phi) is 9.71. The van der Waals surface area contributed by atoms with Gasteiger partial charge in [-0.05, 0) is 92.7 Å². The Labute approximate surface area is 347 Å². The first kappa shape index (κ1) is 38.5. The molecule has 1 heterocycles. The van der Waals surface area contributed by atoms with E-state index in [1.165, 1.54) is 75.6 Å². The summed E-state index contributed by atoms with van der Waals surface area (Å²) in [5, 5.41) is 13.0. The van der Waals surface area contributed by atoms with Crippen molar-refractivity contribution in [3.8, 4) is 11.5 Å². The fourth-order valence-electron chi connectivity index (χ4n) is 8.59. The smallest absolute Gasteiger partial charge is 0.139 e. The standard InChI is InChI=1S/C55H52OP2/c1-53(2,3)39-33-45-51(49(35-39)57(41-25-11-9-12-26-41)47-31-19-23-37-21-15-17-29-43(37)47)56-52-46(55(45,7)8)34-40(54(4,5)6)36-50(52)58(42-27-13-10-14-28-42)48-32-20-24-38-22-16-18-30-44(38)48/h9-36H,1-8H3. The second-order valence-electron chi connectivity index (χ2n) is 18.3. The van der Waals surface area contributed by atoms with Crippen molar-refractivity contribution in [1.29, 1.82) is 0 Å². The van der Waals surface area contributed by atoms with Crippen molar-refractivity contribution in [1.82, 2.24) is 0 Å². The second kappa shape index (κ2) is 14.6. The minimum Gasteiger partial charge on any atom is -0.455 e. The van der Waals surface area contributed by atoms with Crippen molar-refractivity contribution in [2.24, 2.45) is 0 Å². The number of fused-ring (bicyclic) bond motifs is 4. The maximum absolute atomic E-state index is 7.82. The van der Waals surface area contributed by atoms with E-state index >= 15 is 0 Å². The van der Waals surface area contributed by atoms with Crippen molar-refractivity contribution in [3.63, 3.8) is 0 Å². The molecule has 0 saturated carbocycles. The van der Waals surface area contributed by atoms with Gasteiger partial charge in [0.25, 0.3) is 0 Å². The molecule has 0 amide bonds. The fourth-order valence-corrected chi connectivity index (χ4v) is 13.8. The van der Waals surface area contributed by atoms with Gasteiger partial charge in [-0.25, -0.2) is 0 Å². The summed E-state index contributed by atoms with van der Waals surface area (Å²) in [6.07, 6.45) is 0. The number of benzene rings is 8. The highest BCUT2D eigenvalue weighted by Gasteiger charge is 2.42. The molecule has 0 saturated heterocycles. The van der Waals surface area contributed by atoms with Crippen LogP contribution in [0.25, 0.3) is 21.5 Å². The van der Waals surface area contributed by atoms with E-state index in [0.29, 0.717) is 0 Å². The highest BCUT2D eigenvalue weighted by molar-refractivity contribution is 7.81. The first-order valence-electron chi connectivity index (χ1n) is 20.5. The highest BCUT2D eigenvalue weighted by atomic mass is 31.1. The Hall–Kier alpha value is -5.06. The van der Waals surface area contributed by atoms with E-state index in [2.05, 4.69) is 225 Å². The van der Waals surface area contributed by atoms with Crippen LogP contribution in [0.3, 0.4) is 0 Å². The average Bonchev–Trinajstić information content (AvgIpc) is 3.21. The molecule has 8 aromatic rings. The third-order valence-electron chi connectivity index (χ3n) is 11.9. The Morgan fingerprint density at radius 3 is 1.16 bits per heavy atom. The van der Waals surface area contributed by atoms with Gasteiger partial charge >= 0.3 is 0 Å². The van der Waals surface area contributed by atoms with Crippen LogP contribution in [0.2, 0.25) is 0 Å². The van der Waals surface area contributed by atoms with Crippen molar-refractivity contribution in [3.05, 3.63) is 192 Å². The van der Waals surface area contributed by atoms with Gasteiger partial charge in [-0.1, -0.05) is 213 Å². The third kappa shape index (κ3) is 6.77. The molecule has 0 aromatic heterocycles. The van der Waals surface area contributed by atoms with Gasteiger partial charge in [0.1, 0.15) is 11.5 Å². The van der Waals surface area contributed by atoms with Gasteiger partial charge in [0, 0.05) is 27.2 Å². The Bertz CT molecular complexity index is 2600. The van der Waals surface area contributed by atoms with Crippen LogP contribution in [0.15, 0.2) is 170 Å². The topological polar surface area (TPSA) is 9.23 Å². The summed E-state index contributed by atoms with van der Waals surface area (Å²) in [6, 6.07) is 63.7. The van der Waals surface area contributed by atoms with Gasteiger partial charge in [-0.3, -0.25) is 0 Å². The van der Waals surface area contributed by atoms with Gasteiger partial charge in [-0.15, -0.1) is 0 Å². The van der Waals surface area contributed by atoms with Gasteiger partial charge in [0.15, 0.2) is 0 Å². The summed E-state index contributed by atoms with van der Waals surface area (Å²) < 4.78 is 7.82. The van der Waals surface area contributed by atoms with Crippen LogP contribution < -0.4 is 36.6 Å². The molecule has 8 aromatic carbocycles. The molecule has 288 valence electrons. The number of hydrogen-bond acceptors (Lipinski definition) is 1. The molecular formula is C55H52OP2. The van der Waals surface area contributed by atoms with Crippen LogP contribution in [-0.4, -0.2) is 0 Å². The second-order valence-corrected chi connectivity index (χ2v) is 22.6. The molecule has 2 atom stereocenters. The third-order valence-corrected chi connectivity index (χ3v) is 16.9. The molecule has 1 aliphatic heterocycles. The maximum Gasteiger partial charge on any atom is 0.139 e. The Balaban J connectivity index is 1.38. The van der Waals surface area contributed by atoms with Crippen molar-refractivity contribution < 1.29 is 4.74 Å². The largest absolute Gasteiger partial charge is 0.455 e. The molecular weight excluding hydrogens is 739 g/mol. The average molecular weight is 791 g/mol. The van der Waals surface area contributed by atoms with Crippen molar-refractivity contribution >= 4 is 69.2 Å². The minimum absolute atomic E-state index is 0.0784. The number of rotatable bonds is 6. The van der Waals surface area contributed by atoms with E-state index in [0.717, 1.165) is 11.5 Å². The van der Waals surface area contributed by atoms with Crippen LogP contribution in [0, 0.1) is 0 Å². The van der Waals surface area contributed by atoms with Gasteiger partial charge in [0.2, 0.25) is 0 Å². The first-order chi connectivity index (χ1) is 27.8. The molecule has 1 nitrogen and oxygen atoms in total. The Morgan fingerprint density at radius 2 is 0.759 bits per heavy atom. The predicted octanol–water partition coefficient (Wildman–Crippen LogP) is 12.5. The normalized spacial score (nSPS) is 14.7. The summed E-state index contributed by atoms with van der Waals surface area (Å²) in [5.41, 5.74) is 4.67. The number of hydrogen-bond donors (Lipinski definition) is 0. The lowest BCUT2D eigenvalue weighted by Gasteiger charge is -2.41. The van der Waals surface area contributed by atoms with E-state index in [9.17, 15) is 0 Å². The van der Waals surface area contributed by atoms with E-state index < -0.39 is 15.8 Å². The minimum atomic E-state index is -1.04.